The molecule has 2 aliphatic rings. The van der Waals surface area contributed by atoms with Gasteiger partial charge in [0.05, 0.1) is 11.5 Å². The molecule has 0 radical (unpaired) electrons. The Hall–Kier alpha value is -1.30. The predicted octanol–water partition coefficient (Wildman–Crippen LogP) is 1.70. The van der Waals surface area contributed by atoms with Gasteiger partial charge in [-0.3, -0.25) is 4.79 Å². The Labute approximate surface area is 125 Å². The summed E-state index contributed by atoms with van der Waals surface area (Å²) in [5.74, 6) is -0.436. The van der Waals surface area contributed by atoms with Gasteiger partial charge >= 0.3 is 12.0 Å². The number of aliphatic carboxylic acids is 1. The van der Waals surface area contributed by atoms with Crippen LogP contribution in [0.2, 0.25) is 0 Å². The zero-order valence-electron chi connectivity index (χ0n) is 12.9. The summed E-state index contributed by atoms with van der Waals surface area (Å²) in [5.41, 5.74) is -0.778. The molecule has 2 heterocycles. The molecular weight excluding hydrogens is 272 g/mol. The largest absolute Gasteiger partial charge is 0.481 e. The number of nitrogens with zero attached hydrogens (tertiary/aromatic N) is 1. The first-order valence-corrected chi connectivity index (χ1v) is 7.86. The van der Waals surface area contributed by atoms with Gasteiger partial charge in [0.1, 0.15) is 0 Å². The highest BCUT2D eigenvalue weighted by molar-refractivity contribution is 5.78. The minimum absolute atomic E-state index is 0.145. The molecule has 3 atom stereocenters. The van der Waals surface area contributed by atoms with Crippen molar-refractivity contribution in [1.29, 1.82) is 0 Å². The summed E-state index contributed by atoms with van der Waals surface area (Å²) in [7, 11) is 0. The van der Waals surface area contributed by atoms with Gasteiger partial charge in [-0.2, -0.15) is 0 Å². The number of nitrogens with one attached hydrogen (secondary N) is 1. The van der Waals surface area contributed by atoms with E-state index in [0.717, 1.165) is 19.4 Å². The van der Waals surface area contributed by atoms with Crippen molar-refractivity contribution in [3.8, 4) is 0 Å². The maximum absolute atomic E-state index is 12.3. The molecule has 2 saturated heterocycles. The van der Waals surface area contributed by atoms with Crippen LogP contribution in [0.25, 0.3) is 0 Å². The van der Waals surface area contributed by atoms with Gasteiger partial charge in [-0.1, -0.05) is 6.92 Å². The number of urea groups is 1. The smallest absolute Gasteiger partial charge is 0.317 e. The highest BCUT2D eigenvalue weighted by Gasteiger charge is 2.42. The van der Waals surface area contributed by atoms with E-state index < -0.39 is 11.4 Å². The molecule has 6 nitrogen and oxygen atoms in total. The normalized spacial score (nSPS) is 33.0. The zero-order valence-corrected chi connectivity index (χ0v) is 12.9. The number of rotatable bonds is 4. The Morgan fingerprint density at radius 2 is 2.24 bits per heavy atom. The molecule has 21 heavy (non-hydrogen) atoms. The lowest BCUT2D eigenvalue weighted by atomic mass is 9.78. The zero-order chi connectivity index (χ0) is 15.5. The lowest BCUT2D eigenvalue weighted by molar-refractivity contribution is -0.152. The fraction of sp³-hybridized carbons (Fsp3) is 0.867. The minimum Gasteiger partial charge on any atom is -0.481 e. The molecule has 0 aromatic heterocycles. The third-order valence-electron chi connectivity index (χ3n) is 5.04. The summed E-state index contributed by atoms with van der Waals surface area (Å²) >= 11 is 0. The van der Waals surface area contributed by atoms with Crippen LogP contribution in [-0.4, -0.2) is 54.4 Å². The molecule has 3 unspecified atom stereocenters. The number of carbonyl (C=O) groups is 2. The molecule has 0 aromatic rings. The predicted molar refractivity (Wildman–Crippen MR) is 78.1 cm³/mol. The summed E-state index contributed by atoms with van der Waals surface area (Å²) in [6.45, 7) is 6.20. The lowest BCUT2D eigenvalue weighted by Gasteiger charge is -2.39. The van der Waals surface area contributed by atoms with Gasteiger partial charge < -0.3 is 20.1 Å². The molecule has 120 valence electrons. The molecular formula is C15H26N2O4. The Kier molecular flexibility index (Phi) is 5.08. The average Bonchev–Trinajstić information content (AvgIpc) is 2.89. The number of amides is 2. The van der Waals surface area contributed by atoms with Crippen LogP contribution in [-0.2, 0) is 9.53 Å². The van der Waals surface area contributed by atoms with Crippen LogP contribution >= 0.6 is 0 Å². The standard InChI is InChI=1S/C15H26N2O4/c1-3-15(13(18)19)6-4-7-17(10-15)14(20)16-9-12-5-8-21-11(12)2/h11-12H,3-10H2,1-2H3,(H,16,20)(H,18,19). The van der Waals surface area contributed by atoms with Crippen molar-refractivity contribution in [3.63, 3.8) is 0 Å². The van der Waals surface area contributed by atoms with Crippen molar-refractivity contribution in [2.45, 2.75) is 45.6 Å². The minimum atomic E-state index is -0.791. The number of piperidine rings is 1. The van der Waals surface area contributed by atoms with E-state index in [1.807, 2.05) is 13.8 Å². The van der Waals surface area contributed by atoms with Crippen LogP contribution in [0, 0.1) is 11.3 Å². The highest BCUT2D eigenvalue weighted by Crippen LogP contribution is 2.33. The second-order valence-electron chi connectivity index (χ2n) is 6.27. The number of hydrogen-bond donors (Lipinski definition) is 2. The van der Waals surface area contributed by atoms with Crippen LogP contribution in [0.4, 0.5) is 4.79 Å². The van der Waals surface area contributed by atoms with E-state index >= 15 is 0 Å². The summed E-state index contributed by atoms with van der Waals surface area (Å²) in [6, 6.07) is -0.145. The van der Waals surface area contributed by atoms with E-state index in [1.54, 1.807) is 4.90 Å². The summed E-state index contributed by atoms with van der Waals surface area (Å²) < 4.78 is 5.48. The topological polar surface area (TPSA) is 78.9 Å². The first kappa shape index (κ1) is 16.1. The van der Waals surface area contributed by atoms with Gasteiger partial charge in [-0.05, 0) is 32.6 Å². The van der Waals surface area contributed by atoms with Gasteiger partial charge in [0.2, 0.25) is 0 Å². The molecule has 2 rings (SSSR count). The van der Waals surface area contributed by atoms with E-state index in [2.05, 4.69) is 5.32 Å². The third-order valence-corrected chi connectivity index (χ3v) is 5.04. The molecule has 0 aliphatic carbocycles. The number of carboxylic acid groups (broad SMARTS) is 1. The Bertz CT molecular complexity index is 401. The molecule has 2 fully saturated rings. The van der Waals surface area contributed by atoms with Crippen molar-refractivity contribution >= 4 is 12.0 Å². The molecule has 0 aromatic carbocycles. The van der Waals surface area contributed by atoms with Crippen molar-refractivity contribution < 1.29 is 19.4 Å². The molecule has 0 saturated carbocycles. The Balaban J connectivity index is 1.88. The fourth-order valence-corrected chi connectivity index (χ4v) is 3.29. The van der Waals surface area contributed by atoms with Crippen LogP contribution < -0.4 is 5.32 Å². The number of carbonyl (C=O) groups excluding carboxylic acids is 1. The van der Waals surface area contributed by atoms with Gasteiger partial charge in [-0.25, -0.2) is 4.79 Å². The SMILES string of the molecule is CCC1(C(=O)O)CCCN(C(=O)NCC2CCOC2C)C1. The summed E-state index contributed by atoms with van der Waals surface area (Å²) in [4.78, 5) is 25.4. The Morgan fingerprint density at radius 1 is 1.48 bits per heavy atom. The van der Waals surface area contributed by atoms with Crippen molar-refractivity contribution in [2.24, 2.45) is 11.3 Å². The second-order valence-corrected chi connectivity index (χ2v) is 6.27. The number of ether oxygens (including phenoxy) is 1. The van der Waals surface area contributed by atoms with Crippen molar-refractivity contribution in [2.75, 3.05) is 26.2 Å². The van der Waals surface area contributed by atoms with E-state index in [9.17, 15) is 14.7 Å². The molecule has 2 amide bonds. The quantitative estimate of drug-likeness (QED) is 0.828. The van der Waals surface area contributed by atoms with E-state index in [4.69, 9.17) is 4.74 Å². The molecule has 6 heteroatoms. The first-order chi connectivity index (χ1) is 9.98. The first-order valence-electron chi connectivity index (χ1n) is 7.86. The van der Waals surface area contributed by atoms with E-state index in [-0.39, 0.29) is 12.1 Å². The van der Waals surface area contributed by atoms with Crippen LogP contribution in [0.1, 0.15) is 39.5 Å². The maximum atomic E-state index is 12.3. The Morgan fingerprint density at radius 3 is 2.81 bits per heavy atom. The summed E-state index contributed by atoms with van der Waals surface area (Å²) in [5, 5.41) is 12.4. The van der Waals surface area contributed by atoms with E-state index in [1.165, 1.54) is 0 Å². The molecule has 0 bridgehead atoms. The molecule has 2 N–H and O–H groups in total. The number of carboxylic acids is 1. The van der Waals surface area contributed by atoms with Gasteiger partial charge in [0.25, 0.3) is 0 Å². The van der Waals surface area contributed by atoms with E-state index in [0.29, 0.717) is 38.4 Å². The maximum Gasteiger partial charge on any atom is 0.317 e. The van der Waals surface area contributed by atoms with Crippen molar-refractivity contribution in [3.05, 3.63) is 0 Å². The molecule has 2 aliphatic heterocycles. The highest BCUT2D eigenvalue weighted by atomic mass is 16.5. The monoisotopic (exact) mass is 298 g/mol. The molecule has 0 spiro atoms. The number of hydrogen-bond acceptors (Lipinski definition) is 3. The fourth-order valence-electron chi connectivity index (χ4n) is 3.29. The lowest BCUT2D eigenvalue weighted by Crippen LogP contribution is -2.53. The van der Waals surface area contributed by atoms with Crippen LogP contribution in [0.5, 0.6) is 0 Å². The third kappa shape index (κ3) is 3.48. The summed E-state index contributed by atoms with van der Waals surface area (Å²) in [6.07, 6.45) is 3.10. The van der Waals surface area contributed by atoms with Crippen LogP contribution in [0.3, 0.4) is 0 Å². The van der Waals surface area contributed by atoms with Gasteiger partial charge in [0, 0.05) is 32.2 Å². The number of likely N-dealkylation sites (tertiary alicyclic amines) is 1. The van der Waals surface area contributed by atoms with Crippen molar-refractivity contribution in [1.82, 2.24) is 10.2 Å². The van der Waals surface area contributed by atoms with Gasteiger partial charge in [-0.15, -0.1) is 0 Å². The average molecular weight is 298 g/mol. The second kappa shape index (κ2) is 6.64. The van der Waals surface area contributed by atoms with Gasteiger partial charge in [0.15, 0.2) is 0 Å². The van der Waals surface area contributed by atoms with Crippen LogP contribution in [0.15, 0.2) is 0 Å².